The smallest absolute Gasteiger partial charge is 0.372 e. The molecule has 0 fully saturated rings. The van der Waals surface area contributed by atoms with Crippen molar-refractivity contribution in [3.63, 3.8) is 0 Å². The molecule has 0 saturated heterocycles. The van der Waals surface area contributed by atoms with Gasteiger partial charge in [0.05, 0.1) is 6.61 Å². The zero-order chi connectivity index (χ0) is 13.6. The van der Waals surface area contributed by atoms with Crippen molar-refractivity contribution < 1.29 is 27.2 Å². The molecule has 0 bridgehead atoms. The molecule has 0 amide bonds. The minimum atomic E-state index is -4.33. The van der Waals surface area contributed by atoms with Crippen LogP contribution < -0.4 is 5.73 Å². The molecule has 1 heterocycles. The first kappa shape index (κ1) is 14.9. The summed E-state index contributed by atoms with van der Waals surface area (Å²) >= 11 is 0. The van der Waals surface area contributed by atoms with Crippen molar-refractivity contribution in [1.29, 1.82) is 0 Å². The first-order chi connectivity index (χ1) is 8.46. The summed E-state index contributed by atoms with van der Waals surface area (Å²) in [6, 6.07) is 0. The number of ether oxygens (including phenoxy) is 2. The second-order valence-corrected chi connectivity index (χ2v) is 3.43. The van der Waals surface area contributed by atoms with Gasteiger partial charge in [-0.1, -0.05) is 5.16 Å². The van der Waals surface area contributed by atoms with Gasteiger partial charge in [0.25, 0.3) is 5.89 Å². The molecule has 0 saturated carbocycles. The van der Waals surface area contributed by atoms with Crippen LogP contribution in [0, 0.1) is 0 Å². The van der Waals surface area contributed by atoms with Gasteiger partial charge < -0.3 is 19.7 Å². The maximum atomic E-state index is 11.8. The molecular formula is C9H14F3N3O3. The molecule has 0 aliphatic carbocycles. The van der Waals surface area contributed by atoms with Gasteiger partial charge in [0.1, 0.15) is 12.7 Å². The number of nitrogens with two attached hydrogens (primary N) is 1. The van der Waals surface area contributed by atoms with Crippen LogP contribution >= 0.6 is 0 Å². The van der Waals surface area contributed by atoms with Crippen LogP contribution in [0.15, 0.2) is 4.52 Å². The minimum absolute atomic E-state index is 0.126. The quantitative estimate of drug-likeness (QED) is 0.738. The number of rotatable bonds is 7. The summed E-state index contributed by atoms with van der Waals surface area (Å²) in [6.45, 7) is -1.26. The van der Waals surface area contributed by atoms with Gasteiger partial charge in [-0.3, -0.25) is 0 Å². The van der Waals surface area contributed by atoms with Crippen LogP contribution in [0.1, 0.15) is 17.8 Å². The average molecular weight is 269 g/mol. The number of aromatic nitrogens is 2. The van der Waals surface area contributed by atoms with Crippen molar-refractivity contribution >= 4 is 0 Å². The molecule has 1 atom stereocenters. The highest BCUT2D eigenvalue weighted by Gasteiger charge is 2.27. The van der Waals surface area contributed by atoms with Crippen LogP contribution in [-0.4, -0.2) is 43.2 Å². The molecule has 0 aromatic carbocycles. The van der Waals surface area contributed by atoms with Gasteiger partial charge in [-0.05, 0) is 0 Å². The molecule has 104 valence electrons. The Hall–Kier alpha value is -1.19. The summed E-state index contributed by atoms with van der Waals surface area (Å²) in [6.07, 6.45) is -4.72. The van der Waals surface area contributed by atoms with E-state index in [-0.39, 0.29) is 31.3 Å². The highest BCUT2D eigenvalue weighted by Crippen LogP contribution is 2.15. The molecule has 9 heteroatoms. The van der Waals surface area contributed by atoms with E-state index in [1.807, 2.05) is 0 Å². The van der Waals surface area contributed by atoms with Gasteiger partial charge in [0.2, 0.25) is 0 Å². The minimum Gasteiger partial charge on any atom is -0.372 e. The molecule has 0 aliphatic rings. The second kappa shape index (κ2) is 6.66. The lowest BCUT2D eigenvalue weighted by atomic mass is 10.3. The third-order valence-corrected chi connectivity index (χ3v) is 1.99. The first-order valence-electron chi connectivity index (χ1n) is 5.16. The maximum Gasteiger partial charge on any atom is 0.411 e. The van der Waals surface area contributed by atoms with E-state index in [4.69, 9.17) is 15.0 Å². The monoisotopic (exact) mass is 269 g/mol. The third-order valence-electron chi connectivity index (χ3n) is 1.99. The summed E-state index contributed by atoms with van der Waals surface area (Å²) in [7, 11) is 1.44. The van der Waals surface area contributed by atoms with Gasteiger partial charge in [-0.25, -0.2) is 0 Å². The van der Waals surface area contributed by atoms with E-state index in [0.717, 1.165) is 0 Å². The van der Waals surface area contributed by atoms with Crippen LogP contribution in [0.25, 0.3) is 0 Å². The Bertz CT molecular complexity index is 352. The van der Waals surface area contributed by atoms with Gasteiger partial charge in [0.15, 0.2) is 5.82 Å². The summed E-state index contributed by atoms with van der Waals surface area (Å²) in [5, 5.41) is 3.58. The van der Waals surface area contributed by atoms with Gasteiger partial charge >= 0.3 is 6.18 Å². The Morgan fingerprint density at radius 3 is 2.72 bits per heavy atom. The highest BCUT2D eigenvalue weighted by atomic mass is 19.4. The number of hydrogen-bond acceptors (Lipinski definition) is 6. The topological polar surface area (TPSA) is 83.4 Å². The van der Waals surface area contributed by atoms with Gasteiger partial charge in [0, 0.05) is 20.1 Å². The standard InChI is InChI=1S/C9H14F3N3O3/c1-16-6(4-13)8-14-7(15-18-8)2-3-17-5-9(10,11)12/h6H,2-5,13H2,1H3. The third kappa shape index (κ3) is 4.98. The Kier molecular flexibility index (Phi) is 5.51. The van der Waals surface area contributed by atoms with Crippen molar-refractivity contribution in [3.05, 3.63) is 11.7 Å². The molecule has 18 heavy (non-hydrogen) atoms. The molecule has 1 rings (SSSR count). The molecule has 1 unspecified atom stereocenters. The fourth-order valence-corrected chi connectivity index (χ4v) is 1.15. The number of halogens is 3. The van der Waals surface area contributed by atoms with Gasteiger partial charge in [-0.15, -0.1) is 0 Å². The second-order valence-electron chi connectivity index (χ2n) is 3.43. The lowest BCUT2D eigenvalue weighted by Crippen LogP contribution is -2.18. The molecule has 1 aromatic heterocycles. The van der Waals surface area contributed by atoms with Crippen LogP contribution in [-0.2, 0) is 15.9 Å². The van der Waals surface area contributed by atoms with E-state index in [1.165, 1.54) is 7.11 Å². The molecule has 1 aromatic rings. The summed E-state index contributed by atoms with van der Waals surface area (Å²) in [5.74, 6) is 0.452. The van der Waals surface area contributed by atoms with E-state index in [1.54, 1.807) is 0 Å². The summed E-state index contributed by atoms with van der Waals surface area (Å²) in [4.78, 5) is 3.94. The molecule has 6 nitrogen and oxygen atoms in total. The fraction of sp³-hybridized carbons (Fsp3) is 0.778. The number of nitrogens with zero attached hydrogens (tertiary/aromatic N) is 2. The van der Waals surface area contributed by atoms with Crippen LogP contribution in [0.2, 0.25) is 0 Å². The Morgan fingerprint density at radius 2 is 2.17 bits per heavy atom. The lowest BCUT2D eigenvalue weighted by Gasteiger charge is -2.06. The zero-order valence-corrected chi connectivity index (χ0v) is 9.74. The first-order valence-corrected chi connectivity index (χ1v) is 5.16. The number of methoxy groups -OCH3 is 1. The normalized spacial score (nSPS) is 13.8. The van der Waals surface area contributed by atoms with E-state index in [0.29, 0.717) is 0 Å². The van der Waals surface area contributed by atoms with E-state index in [9.17, 15) is 13.2 Å². The molecule has 0 aliphatic heterocycles. The molecule has 0 radical (unpaired) electrons. The predicted octanol–water partition coefficient (Wildman–Crippen LogP) is 0.837. The summed E-state index contributed by atoms with van der Waals surface area (Å²) < 4.78 is 49.6. The van der Waals surface area contributed by atoms with Crippen molar-refractivity contribution in [3.8, 4) is 0 Å². The largest absolute Gasteiger partial charge is 0.411 e. The molecule has 2 N–H and O–H groups in total. The van der Waals surface area contributed by atoms with E-state index in [2.05, 4.69) is 14.9 Å². The van der Waals surface area contributed by atoms with Crippen molar-refractivity contribution in [1.82, 2.24) is 10.1 Å². The Labute approximate surface area is 101 Å². The lowest BCUT2D eigenvalue weighted by molar-refractivity contribution is -0.173. The van der Waals surface area contributed by atoms with Crippen molar-refractivity contribution in [2.45, 2.75) is 18.7 Å². The fourth-order valence-electron chi connectivity index (χ4n) is 1.15. The van der Waals surface area contributed by atoms with Crippen molar-refractivity contribution in [2.75, 3.05) is 26.9 Å². The number of alkyl halides is 3. The Morgan fingerprint density at radius 1 is 1.44 bits per heavy atom. The predicted molar refractivity (Wildman–Crippen MR) is 53.7 cm³/mol. The number of hydrogen-bond donors (Lipinski definition) is 1. The van der Waals surface area contributed by atoms with Crippen LogP contribution in [0.3, 0.4) is 0 Å². The molecule has 0 spiro atoms. The average Bonchev–Trinajstić information content (AvgIpc) is 2.74. The van der Waals surface area contributed by atoms with Crippen LogP contribution in [0.4, 0.5) is 13.2 Å². The maximum absolute atomic E-state index is 11.8. The van der Waals surface area contributed by atoms with E-state index >= 15 is 0 Å². The van der Waals surface area contributed by atoms with Crippen molar-refractivity contribution in [2.24, 2.45) is 5.73 Å². The van der Waals surface area contributed by atoms with E-state index < -0.39 is 18.9 Å². The van der Waals surface area contributed by atoms with Crippen LogP contribution in [0.5, 0.6) is 0 Å². The Balaban J connectivity index is 2.35. The summed E-state index contributed by atoms with van der Waals surface area (Å²) in [5.41, 5.74) is 5.39. The molecular weight excluding hydrogens is 255 g/mol. The van der Waals surface area contributed by atoms with Gasteiger partial charge in [-0.2, -0.15) is 18.2 Å². The highest BCUT2D eigenvalue weighted by molar-refractivity contribution is 4.91. The zero-order valence-electron chi connectivity index (χ0n) is 9.74. The SMILES string of the molecule is COC(CN)c1nc(CCOCC(F)(F)F)no1.